The number of benzene rings is 1. The molecular weight excluding hydrogens is 352 g/mol. The maximum atomic E-state index is 11.8. The molecule has 2 heterocycles. The lowest BCUT2D eigenvalue weighted by Gasteiger charge is -2.16. The topological polar surface area (TPSA) is 86.8 Å². The van der Waals surface area contributed by atoms with E-state index < -0.39 is 5.91 Å². The zero-order valence-electron chi connectivity index (χ0n) is 16.0. The van der Waals surface area contributed by atoms with E-state index in [2.05, 4.69) is 58.5 Å². The van der Waals surface area contributed by atoms with Crippen molar-refractivity contribution >= 4 is 5.91 Å². The van der Waals surface area contributed by atoms with Gasteiger partial charge in [0.1, 0.15) is 0 Å². The minimum absolute atomic E-state index is 0.362. The first-order valence-corrected chi connectivity index (χ1v) is 8.98. The zero-order chi connectivity index (χ0) is 19.9. The standard InChI is InChI=1S/C21H22N6O/c1-16-3-5-17(6-4-16)13-26(2)10-8-18-12-25-27(14-18)20-11-19(7-9-23-20)21(28)24-15-22/h3-7,9,11-12,14H,8,10,13H2,1-2H3,(H,24,28). The Kier molecular flexibility index (Phi) is 6.14. The lowest BCUT2D eigenvalue weighted by Crippen LogP contribution is -2.20. The van der Waals surface area contributed by atoms with Gasteiger partial charge in [-0.2, -0.15) is 10.4 Å². The molecule has 0 aliphatic rings. The van der Waals surface area contributed by atoms with Crippen LogP contribution in [-0.4, -0.2) is 39.2 Å². The van der Waals surface area contributed by atoms with Crippen molar-refractivity contribution in [3.05, 3.63) is 77.2 Å². The summed E-state index contributed by atoms with van der Waals surface area (Å²) >= 11 is 0. The molecule has 2 aromatic heterocycles. The summed E-state index contributed by atoms with van der Waals surface area (Å²) in [5.41, 5.74) is 4.01. The molecule has 0 aliphatic heterocycles. The lowest BCUT2D eigenvalue weighted by atomic mass is 10.1. The van der Waals surface area contributed by atoms with Crippen LogP contribution >= 0.6 is 0 Å². The lowest BCUT2D eigenvalue weighted by molar-refractivity contribution is 0.0972. The first kappa shape index (κ1) is 19.3. The Balaban J connectivity index is 1.60. The van der Waals surface area contributed by atoms with Crippen LogP contribution in [0.4, 0.5) is 0 Å². The van der Waals surface area contributed by atoms with Crippen molar-refractivity contribution in [2.24, 2.45) is 0 Å². The highest BCUT2D eigenvalue weighted by molar-refractivity contribution is 5.95. The van der Waals surface area contributed by atoms with Crippen molar-refractivity contribution in [1.29, 1.82) is 5.26 Å². The van der Waals surface area contributed by atoms with Crippen LogP contribution in [0.2, 0.25) is 0 Å². The molecule has 1 aromatic carbocycles. The normalized spacial score (nSPS) is 10.6. The quantitative estimate of drug-likeness (QED) is 0.507. The molecule has 0 bridgehead atoms. The fourth-order valence-electron chi connectivity index (χ4n) is 2.83. The number of likely N-dealkylation sites (N-methyl/N-ethyl adjacent to an activating group) is 1. The predicted molar refractivity (Wildman–Crippen MR) is 106 cm³/mol. The molecule has 0 radical (unpaired) electrons. The number of carbonyl (C=O) groups excluding carboxylic acids is 1. The van der Waals surface area contributed by atoms with Gasteiger partial charge in [0, 0.05) is 31.0 Å². The highest BCUT2D eigenvalue weighted by Gasteiger charge is 2.09. The van der Waals surface area contributed by atoms with Crippen molar-refractivity contribution in [3.8, 4) is 12.0 Å². The molecule has 0 saturated heterocycles. The number of nitriles is 1. The number of nitrogens with one attached hydrogen (secondary N) is 1. The number of aromatic nitrogens is 3. The molecule has 0 saturated carbocycles. The van der Waals surface area contributed by atoms with Gasteiger partial charge in [0.2, 0.25) is 0 Å². The third kappa shape index (κ3) is 5.02. The Morgan fingerprint density at radius 1 is 1.25 bits per heavy atom. The Labute approximate surface area is 164 Å². The molecule has 28 heavy (non-hydrogen) atoms. The molecule has 0 spiro atoms. The van der Waals surface area contributed by atoms with Gasteiger partial charge in [-0.05, 0) is 43.7 Å². The molecule has 3 rings (SSSR count). The van der Waals surface area contributed by atoms with E-state index in [9.17, 15) is 4.79 Å². The van der Waals surface area contributed by atoms with Gasteiger partial charge >= 0.3 is 0 Å². The number of nitrogens with zero attached hydrogens (tertiary/aromatic N) is 5. The number of rotatable bonds is 7. The molecule has 1 N–H and O–H groups in total. The molecule has 0 aliphatic carbocycles. The van der Waals surface area contributed by atoms with E-state index in [-0.39, 0.29) is 0 Å². The van der Waals surface area contributed by atoms with Crippen molar-refractivity contribution in [2.45, 2.75) is 19.9 Å². The van der Waals surface area contributed by atoms with Gasteiger partial charge < -0.3 is 4.90 Å². The van der Waals surface area contributed by atoms with Gasteiger partial charge in [-0.25, -0.2) is 9.67 Å². The van der Waals surface area contributed by atoms with Crippen molar-refractivity contribution in [2.75, 3.05) is 13.6 Å². The van der Waals surface area contributed by atoms with Gasteiger partial charge in [0.05, 0.1) is 6.20 Å². The molecular formula is C21H22N6O. The largest absolute Gasteiger partial charge is 0.302 e. The maximum absolute atomic E-state index is 11.8. The van der Waals surface area contributed by atoms with Gasteiger partial charge in [0.25, 0.3) is 5.91 Å². The average Bonchev–Trinajstić information content (AvgIpc) is 3.18. The van der Waals surface area contributed by atoms with E-state index in [1.165, 1.54) is 17.3 Å². The van der Waals surface area contributed by atoms with Crippen molar-refractivity contribution in [1.82, 2.24) is 25.0 Å². The van der Waals surface area contributed by atoms with Crippen molar-refractivity contribution < 1.29 is 4.79 Å². The van der Waals surface area contributed by atoms with Crippen LogP contribution in [0.25, 0.3) is 5.82 Å². The fraction of sp³-hybridized carbons (Fsp3) is 0.238. The summed E-state index contributed by atoms with van der Waals surface area (Å²) in [5, 5.41) is 15.0. The zero-order valence-corrected chi connectivity index (χ0v) is 16.0. The first-order chi connectivity index (χ1) is 13.5. The molecule has 7 nitrogen and oxygen atoms in total. The molecule has 7 heteroatoms. The second kappa shape index (κ2) is 8.93. The highest BCUT2D eigenvalue weighted by atomic mass is 16.1. The number of aryl methyl sites for hydroxylation is 1. The summed E-state index contributed by atoms with van der Waals surface area (Å²) in [4.78, 5) is 18.3. The number of hydrogen-bond donors (Lipinski definition) is 1. The van der Waals surface area contributed by atoms with Gasteiger partial charge in [-0.15, -0.1) is 0 Å². The molecule has 142 valence electrons. The first-order valence-electron chi connectivity index (χ1n) is 8.98. The number of carbonyl (C=O) groups is 1. The van der Waals surface area contributed by atoms with E-state index >= 15 is 0 Å². The van der Waals surface area contributed by atoms with E-state index in [1.807, 2.05) is 12.4 Å². The number of amides is 1. The van der Waals surface area contributed by atoms with Crippen LogP contribution in [0.3, 0.4) is 0 Å². The van der Waals surface area contributed by atoms with Crippen LogP contribution in [0.15, 0.2) is 55.0 Å². The minimum Gasteiger partial charge on any atom is -0.302 e. The SMILES string of the molecule is Cc1ccc(CN(C)CCc2cnn(-c3cc(C(=O)NC#N)ccn3)c2)cc1. The van der Waals surface area contributed by atoms with E-state index in [1.54, 1.807) is 23.0 Å². The Hall–Kier alpha value is -3.50. The number of pyridine rings is 1. The summed E-state index contributed by atoms with van der Waals surface area (Å²) in [6.45, 7) is 3.88. The number of hydrogen-bond acceptors (Lipinski definition) is 5. The van der Waals surface area contributed by atoms with Crippen LogP contribution in [0.5, 0.6) is 0 Å². The molecule has 0 unspecified atom stereocenters. The minimum atomic E-state index is -0.462. The third-order valence-electron chi connectivity index (χ3n) is 4.40. The van der Waals surface area contributed by atoms with Gasteiger partial charge in [-0.3, -0.25) is 10.1 Å². The van der Waals surface area contributed by atoms with E-state index in [4.69, 9.17) is 5.26 Å². The molecule has 0 fully saturated rings. The highest BCUT2D eigenvalue weighted by Crippen LogP contribution is 2.10. The van der Waals surface area contributed by atoms with Crippen LogP contribution in [-0.2, 0) is 13.0 Å². The Morgan fingerprint density at radius 2 is 2.04 bits per heavy atom. The molecule has 1 amide bonds. The second-order valence-electron chi connectivity index (χ2n) is 6.74. The van der Waals surface area contributed by atoms with Gasteiger partial charge in [0.15, 0.2) is 12.0 Å². The molecule has 0 atom stereocenters. The second-order valence-corrected chi connectivity index (χ2v) is 6.74. The van der Waals surface area contributed by atoms with E-state index in [0.29, 0.717) is 11.4 Å². The average molecular weight is 374 g/mol. The van der Waals surface area contributed by atoms with Gasteiger partial charge in [-0.1, -0.05) is 29.8 Å². The summed E-state index contributed by atoms with van der Waals surface area (Å²) in [6.07, 6.45) is 7.73. The van der Waals surface area contributed by atoms with Crippen molar-refractivity contribution in [3.63, 3.8) is 0 Å². The van der Waals surface area contributed by atoms with Crippen LogP contribution in [0.1, 0.15) is 27.0 Å². The third-order valence-corrected chi connectivity index (χ3v) is 4.40. The van der Waals surface area contributed by atoms with Crippen LogP contribution < -0.4 is 5.32 Å². The smallest absolute Gasteiger partial charge is 0.264 e. The van der Waals surface area contributed by atoms with E-state index in [0.717, 1.165) is 25.1 Å². The fourth-order valence-corrected chi connectivity index (χ4v) is 2.83. The Bertz CT molecular complexity index is 987. The Morgan fingerprint density at radius 3 is 2.79 bits per heavy atom. The monoisotopic (exact) mass is 374 g/mol. The maximum Gasteiger partial charge on any atom is 0.264 e. The predicted octanol–water partition coefficient (Wildman–Crippen LogP) is 2.46. The summed E-state index contributed by atoms with van der Waals surface area (Å²) in [6, 6.07) is 11.7. The summed E-state index contributed by atoms with van der Waals surface area (Å²) in [7, 11) is 2.10. The summed E-state index contributed by atoms with van der Waals surface area (Å²) < 4.78 is 1.64. The van der Waals surface area contributed by atoms with Crippen LogP contribution in [0, 0.1) is 18.4 Å². The molecule has 3 aromatic rings. The summed E-state index contributed by atoms with van der Waals surface area (Å²) in [5.74, 6) is 0.0705.